The highest BCUT2D eigenvalue weighted by molar-refractivity contribution is 5.41. The summed E-state index contributed by atoms with van der Waals surface area (Å²) in [5.74, 6) is 0.749. The molecule has 0 aromatic carbocycles. The Morgan fingerprint density at radius 2 is 2.38 bits per heavy atom. The van der Waals surface area contributed by atoms with Crippen molar-refractivity contribution in [2.45, 2.75) is 13.3 Å². The predicted octanol–water partition coefficient (Wildman–Crippen LogP) is 0.970. The molecule has 0 saturated carbocycles. The van der Waals surface area contributed by atoms with Gasteiger partial charge in [0.25, 0.3) is 0 Å². The molecule has 1 N–H and O–H groups in total. The molecule has 5 heteroatoms. The van der Waals surface area contributed by atoms with Gasteiger partial charge in [-0.2, -0.15) is 0 Å². The van der Waals surface area contributed by atoms with Crippen molar-refractivity contribution in [1.29, 1.82) is 0 Å². The Bertz CT molecular complexity index is 369. The van der Waals surface area contributed by atoms with E-state index in [9.17, 15) is 4.39 Å². The maximum absolute atomic E-state index is 13.8. The fourth-order valence-corrected chi connectivity index (χ4v) is 2.15. The van der Waals surface area contributed by atoms with Gasteiger partial charge >= 0.3 is 0 Å². The Morgan fingerprint density at radius 1 is 1.56 bits per heavy atom. The van der Waals surface area contributed by atoms with Crippen LogP contribution in [-0.4, -0.2) is 36.6 Å². The minimum Gasteiger partial charge on any atom is -0.354 e. The first-order chi connectivity index (χ1) is 7.72. The van der Waals surface area contributed by atoms with Crippen LogP contribution in [0.2, 0.25) is 0 Å². The molecule has 2 heterocycles. The van der Waals surface area contributed by atoms with Crippen molar-refractivity contribution in [2.24, 2.45) is 5.92 Å². The third-order valence-electron chi connectivity index (χ3n) is 3.02. The summed E-state index contributed by atoms with van der Waals surface area (Å²) >= 11 is 0. The van der Waals surface area contributed by atoms with Crippen LogP contribution in [0.3, 0.4) is 0 Å². The van der Waals surface area contributed by atoms with Gasteiger partial charge in [0.2, 0.25) is 0 Å². The van der Waals surface area contributed by atoms with Crippen LogP contribution in [0.4, 0.5) is 10.2 Å². The molecule has 1 atom stereocenters. The van der Waals surface area contributed by atoms with Crippen LogP contribution in [0.1, 0.15) is 12.1 Å². The lowest BCUT2D eigenvalue weighted by molar-refractivity contribution is 0.546. The molecular weight excluding hydrogens is 207 g/mol. The molecule has 0 bridgehead atoms. The summed E-state index contributed by atoms with van der Waals surface area (Å²) in [5, 5.41) is 3.15. The van der Waals surface area contributed by atoms with Gasteiger partial charge in [0.15, 0.2) is 11.6 Å². The first-order valence-electron chi connectivity index (χ1n) is 5.59. The van der Waals surface area contributed by atoms with Crippen LogP contribution in [0, 0.1) is 18.7 Å². The normalized spacial score (nSPS) is 20.4. The van der Waals surface area contributed by atoms with Gasteiger partial charge in [0, 0.05) is 13.1 Å². The van der Waals surface area contributed by atoms with Crippen molar-refractivity contribution in [2.75, 3.05) is 31.6 Å². The lowest BCUT2D eigenvalue weighted by atomic mass is 10.1. The highest BCUT2D eigenvalue weighted by Gasteiger charge is 2.25. The molecule has 1 fully saturated rings. The summed E-state index contributed by atoms with van der Waals surface area (Å²) in [7, 11) is 1.94. The Kier molecular flexibility index (Phi) is 3.33. The molecule has 0 radical (unpaired) electrons. The molecule has 1 saturated heterocycles. The van der Waals surface area contributed by atoms with E-state index in [1.807, 2.05) is 11.9 Å². The minimum absolute atomic E-state index is 0.285. The summed E-state index contributed by atoms with van der Waals surface area (Å²) in [6.07, 6.45) is 2.52. The molecule has 1 aliphatic heterocycles. The number of anilines is 1. The van der Waals surface area contributed by atoms with E-state index in [1.54, 1.807) is 6.92 Å². The maximum atomic E-state index is 13.8. The largest absolute Gasteiger partial charge is 0.354 e. The third-order valence-corrected chi connectivity index (χ3v) is 3.02. The van der Waals surface area contributed by atoms with Crippen molar-refractivity contribution in [3.8, 4) is 0 Å². The van der Waals surface area contributed by atoms with Gasteiger partial charge in [-0.1, -0.05) is 0 Å². The van der Waals surface area contributed by atoms with Crippen LogP contribution >= 0.6 is 0 Å². The highest BCUT2D eigenvalue weighted by atomic mass is 19.1. The van der Waals surface area contributed by atoms with E-state index < -0.39 is 0 Å². The van der Waals surface area contributed by atoms with E-state index >= 15 is 0 Å². The van der Waals surface area contributed by atoms with Gasteiger partial charge in [0.05, 0.1) is 5.69 Å². The number of nitrogens with one attached hydrogen (secondary N) is 1. The van der Waals surface area contributed by atoms with Crippen molar-refractivity contribution in [3.05, 3.63) is 17.8 Å². The Hall–Kier alpha value is -1.23. The molecular formula is C11H17FN4. The van der Waals surface area contributed by atoms with Gasteiger partial charge in [-0.25, -0.2) is 14.4 Å². The van der Waals surface area contributed by atoms with Crippen molar-refractivity contribution in [1.82, 2.24) is 15.3 Å². The van der Waals surface area contributed by atoms with Gasteiger partial charge in [-0.05, 0) is 32.9 Å². The van der Waals surface area contributed by atoms with E-state index in [2.05, 4.69) is 15.3 Å². The smallest absolute Gasteiger partial charge is 0.186 e. The monoisotopic (exact) mass is 224 g/mol. The van der Waals surface area contributed by atoms with E-state index in [4.69, 9.17) is 0 Å². The number of hydrogen-bond donors (Lipinski definition) is 1. The summed E-state index contributed by atoms with van der Waals surface area (Å²) in [6, 6.07) is 0. The van der Waals surface area contributed by atoms with Gasteiger partial charge in [-0.3, -0.25) is 0 Å². The number of rotatable bonds is 3. The number of aryl methyl sites for hydroxylation is 1. The zero-order valence-electron chi connectivity index (χ0n) is 9.70. The predicted molar refractivity (Wildman–Crippen MR) is 61.0 cm³/mol. The lowest BCUT2D eigenvalue weighted by Crippen LogP contribution is -2.26. The molecule has 1 aromatic heterocycles. The molecule has 88 valence electrons. The first kappa shape index (κ1) is 11.3. The fourth-order valence-electron chi connectivity index (χ4n) is 2.15. The van der Waals surface area contributed by atoms with E-state index in [0.717, 1.165) is 26.1 Å². The number of aromatic nitrogens is 2. The first-order valence-corrected chi connectivity index (χ1v) is 5.59. The maximum Gasteiger partial charge on any atom is 0.186 e. The standard InChI is InChI=1S/C11H17FN4/c1-8-10(12)11(15-7-14-8)16-4-3-9(6-16)5-13-2/h7,9,13H,3-6H2,1-2H3. The molecule has 16 heavy (non-hydrogen) atoms. The summed E-state index contributed by atoms with van der Waals surface area (Å²) in [6.45, 7) is 4.39. The van der Waals surface area contributed by atoms with Gasteiger partial charge in [0.1, 0.15) is 6.33 Å². The van der Waals surface area contributed by atoms with Gasteiger partial charge in [-0.15, -0.1) is 0 Å². The zero-order chi connectivity index (χ0) is 11.5. The summed E-state index contributed by atoms with van der Waals surface area (Å²) in [5.41, 5.74) is 0.419. The van der Waals surface area contributed by atoms with Crippen molar-refractivity contribution >= 4 is 5.82 Å². The second kappa shape index (κ2) is 4.74. The zero-order valence-corrected chi connectivity index (χ0v) is 9.70. The van der Waals surface area contributed by atoms with Crippen LogP contribution in [0.15, 0.2) is 6.33 Å². The molecule has 1 aromatic rings. The molecule has 4 nitrogen and oxygen atoms in total. The van der Waals surface area contributed by atoms with E-state index in [1.165, 1.54) is 6.33 Å². The minimum atomic E-state index is -0.285. The van der Waals surface area contributed by atoms with Crippen LogP contribution in [-0.2, 0) is 0 Å². The number of nitrogens with zero attached hydrogens (tertiary/aromatic N) is 3. The number of hydrogen-bond acceptors (Lipinski definition) is 4. The quantitative estimate of drug-likeness (QED) is 0.830. The molecule has 0 aliphatic carbocycles. The molecule has 2 rings (SSSR count). The fraction of sp³-hybridized carbons (Fsp3) is 0.636. The lowest BCUT2D eigenvalue weighted by Gasteiger charge is -2.18. The topological polar surface area (TPSA) is 41.0 Å². The average Bonchev–Trinajstić information content (AvgIpc) is 2.71. The van der Waals surface area contributed by atoms with E-state index in [-0.39, 0.29) is 5.82 Å². The highest BCUT2D eigenvalue weighted by Crippen LogP contribution is 2.24. The van der Waals surface area contributed by atoms with E-state index in [0.29, 0.717) is 17.4 Å². The van der Waals surface area contributed by atoms with Crippen molar-refractivity contribution < 1.29 is 4.39 Å². The second-order valence-corrected chi connectivity index (χ2v) is 4.26. The Balaban J connectivity index is 2.11. The molecule has 1 unspecified atom stereocenters. The summed E-state index contributed by atoms with van der Waals surface area (Å²) in [4.78, 5) is 9.88. The summed E-state index contributed by atoms with van der Waals surface area (Å²) < 4.78 is 13.8. The van der Waals surface area contributed by atoms with Crippen LogP contribution in [0.25, 0.3) is 0 Å². The Labute approximate surface area is 94.9 Å². The van der Waals surface area contributed by atoms with Crippen LogP contribution in [0.5, 0.6) is 0 Å². The van der Waals surface area contributed by atoms with Crippen LogP contribution < -0.4 is 10.2 Å². The second-order valence-electron chi connectivity index (χ2n) is 4.26. The molecule has 1 aliphatic rings. The van der Waals surface area contributed by atoms with Crippen molar-refractivity contribution in [3.63, 3.8) is 0 Å². The SMILES string of the molecule is CNCC1CCN(c2ncnc(C)c2F)C1. The molecule has 0 spiro atoms. The average molecular weight is 224 g/mol. The number of halogens is 1. The molecule has 0 amide bonds. The third kappa shape index (κ3) is 2.14. The van der Waals surface area contributed by atoms with Gasteiger partial charge < -0.3 is 10.2 Å². The Morgan fingerprint density at radius 3 is 3.12 bits per heavy atom.